The smallest absolute Gasteiger partial charge is 0.0579 e. The zero-order valence-electron chi connectivity index (χ0n) is 14.9. The first-order valence-electron chi connectivity index (χ1n) is 8.21. The molecule has 4 rings (SSSR count). The molecule has 1 heteroatoms. The van der Waals surface area contributed by atoms with Crippen molar-refractivity contribution in [2.45, 2.75) is 27.7 Å². The average Bonchev–Trinajstić information content (AvgIpc) is 3.07. The van der Waals surface area contributed by atoms with Gasteiger partial charge in [0.2, 0.25) is 0 Å². The van der Waals surface area contributed by atoms with Crippen molar-refractivity contribution in [1.82, 2.24) is 0 Å². The number of hydrogen-bond acceptors (Lipinski definition) is 0. The van der Waals surface area contributed by atoms with E-state index in [0.29, 0.717) is 0 Å². The van der Waals surface area contributed by atoms with Crippen LogP contribution in [0.4, 0.5) is 0 Å². The molecule has 0 aromatic heterocycles. The first-order chi connectivity index (χ1) is 11.5. The number of aryl methyl sites for hydroxylation is 2. The third kappa shape index (κ3) is 5.80. The molecule has 0 aliphatic rings. The molecule has 0 fully saturated rings. The van der Waals surface area contributed by atoms with Crippen LogP contribution < -0.4 is 0 Å². The summed E-state index contributed by atoms with van der Waals surface area (Å²) in [6, 6.07) is 25.7. The first-order valence-corrected chi connectivity index (χ1v) is 9.44. The zero-order chi connectivity index (χ0) is 17.5. The van der Waals surface area contributed by atoms with E-state index in [2.05, 4.69) is 100 Å². The van der Waals surface area contributed by atoms with Crippen LogP contribution in [-0.4, -0.2) is 3.21 Å². The Morgan fingerprint density at radius 3 is 1.38 bits per heavy atom. The van der Waals surface area contributed by atoms with Crippen LogP contribution in [0.3, 0.4) is 0 Å². The Balaban J connectivity index is 0.000000143. The SMILES string of the molecule is C[C](C)=[Zr+2].Cc1cc2ccccc2[cH-]1.Cc1cc2ccccc2[cH-]1. The zero-order valence-corrected chi connectivity index (χ0v) is 17.4. The number of hydrogen-bond donors (Lipinski definition) is 0. The number of benzene rings is 2. The van der Waals surface area contributed by atoms with Crippen LogP contribution in [0.25, 0.3) is 21.5 Å². The molecule has 0 amide bonds. The molecule has 0 aliphatic heterocycles. The molecule has 0 bridgehead atoms. The molecular formula is C23H24Zr. The summed E-state index contributed by atoms with van der Waals surface area (Å²) in [6.45, 7) is 8.50. The Kier molecular flexibility index (Phi) is 7.06. The summed E-state index contributed by atoms with van der Waals surface area (Å²) in [5.41, 5.74) is 2.70. The van der Waals surface area contributed by atoms with Crippen LogP contribution in [0.2, 0.25) is 0 Å². The minimum atomic E-state index is 1.35. The van der Waals surface area contributed by atoms with Crippen LogP contribution in [0.5, 0.6) is 0 Å². The molecule has 120 valence electrons. The van der Waals surface area contributed by atoms with Gasteiger partial charge in [-0.05, 0) is 0 Å². The van der Waals surface area contributed by atoms with Crippen molar-refractivity contribution in [2.24, 2.45) is 0 Å². The van der Waals surface area contributed by atoms with Crippen molar-refractivity contribution in [2.75, 3.05) is 0 Å². The van der Waals surface area contributed by atoms with E-state index >= 15 is 0 Å². The van der Waals surface area contributed by atoms with Gasteiger partial charge in [-0.25, -0.2) is 0 Å². The van der Waals surface area contributed by atoms with Gasteiger partial charge >= 0.3 is 41.3 Å². The van der Waals surface area contributed by atoms with Crippen LogP contribution in [0.15, 0.2) is 72.8 Å². The van der Waals surface area contributed by atoms with Gasteiger partial charge in [-0.3, -0.25) is 0 Å². The Morgan fingerprint density at radius 2 is 1.04 bits per heavy atom. The molecule has 0 saturated carbocycles. The molecule has 0 unspecified atom stereocenters. The summed E-state index contributed by atoms with van der Waals surface area (Å²) in [4.78, 5) is 0. The van der Waals surface area contributed by atoms with Crippen molar-refractivity contribution < 1.29 is 24.2 Å². The Morgan fingerprint density at radius 1 is 0.708 bits per heavy atom. The average molecular weight is 392 g/mol. The van der Waals surface area contributed by atoms with Gasteiger partial charge in [-0.15, -0.1) is 81.2 Å². The van der Waals surface area contributed by atoms with Gasteiger partial charge in [0.1, 0.15) is 0 Å². The quantitative estimate of drug-likeness (QED) is 0.301. The van der Waals surface area contributed by atoms with E-state index in [-0.39, 0.29) is 0 Å². The van der Waals surface area contributed by atoms with Gasteiger partial charge in [0.15, 0.2) is 0 Å². The maximum absolute atomic E-state index is 2.20. The van der Waals surface area contributed by atoms with Crippen molar-refractivity contribution in [3.8, 4) is 0 Å². The van der Waals surface area contributed by atoms with Crippen LogP contribution in [0.1, 0.15) is 25.0 Å². The third-order valence-electron chi connectivity index (χ3n) is 3.52. The maximum Gasteiger partial charge on any atom is -0.0579 e. The molecular weight excluding hydrogens is 367 g/mol. The van der Waals surface area contributed by atoms with Gasteiger partial charge in [0.25, 0.3) is 0 Å². The topological polar surface area (TPSA) is 0 Å². The molecule has 0 heterocycles. The molecule has 0 aliphatic carbocycles. The second-order valence-corrected chi connectivity index (χ2v) is 8.78. The van der Waals surface area contributed by atoms with E-state index in [1.54, 1.807) is 24.2 Å². The fraction of sp³-hybridized carbons (Fsp3) is 0.174. The molecule has 4 aromatic rings. The predicted octanol–water partition coefficient (Wildman–Crippen LogP) is 6.48. The number of fused-ring (bicyclic) bond motifs is 2. The molecule has 24 heavy (non-hydrogen) atoms. The molecule has 0 spiro atoms. The van der Waals surface area contributed by atoms with E-state index in [9.17, 15) is 0 Å². The van der Waals surface area contributed by atoms with E-state index in [4.69, 9.17) is 0 Å². The van der Waals surface area contributed by atoms with Crippen molar-refractivity contribution in [3.05, 3.63) is 83.9 Å². The summed E-state index contributed by atoms with van der Waals surface area (Å²) < 4.78 is 1.51. The summed E-state index contributed by atoms with van der Waals surface area (Å²) >= 11 is 1.55. The summed E-state index contributed by atoms with van der Waals surface area (Å²) in [5, 5.41) is 5.39. The van der Waals surface area contributed by atoms with E-state index in [1.807, 2.05) is 0 Å². The second kappa shape index (κ2) is 9.04. The summed E-state index contributed by atoms with van der Waals surface area (Å²) in [5.74, 6) is 0. The summed E-state index contributed by atoms with van der Waals surface area (Å²) in [7, 11) is 0. The van der Waals surface area contributed by atoms with Gasteiger partial charge in [-0.2, -0.15) is 12.1 Å². The minimum absolute atomic E-state index is 1.35. The van der Waals surface area contributed by atoms with Gasteiger partial charge in [-0.1, -0.05) is 26.0 Å². The van der Waals surface area contributed by atoms with Gasteiger partial charge < -0.3 is 0 Å². The third-order valence-corrected chi connectivity index (χ3v) is 3.52. The fourth-order valence-electron chi connectivity index (χ4n) is 2.61. The minimum Gasteiger partial charge on any atom is -0.165 e. The Bertz CT molecular complexity index is 779. The first kappa shape index (κ1) is 18.7. The Hall–Kier alpha value is -1.59. The standard InChI is InChI=1S/2C10H9.C3H6.Zr/c2*1-8-6-9-4-2-3-5-10(9)7-8;1-3-2;/h2*2-7H,1H3;1-2H3;/q2*-1;;+2. The monoisotopic (exact) mass is 390 g/mol. The van der Waals surface area contributed by atoms with E-state index in [1.165, 1.54) is 35.9 Å². The normalized spacial score (nSPS) is 9.92. The molecule has 0 atom stereocenters. The molecule has 0 nitrogen and oxygen atoms in total. The van der Waals surface area contributed by atoms with Gasteiger partial charge in [0, 0.05) is 0 Å². The van der Waals surface area contributed by atoms with E-state index in [0.717, 1.165) is 0 Å². The predicted molar refractivity (Wildman–Crippen MR) is 105 cm³/mol. The van der Waals surface area contributed by atoms with Crippen molar-refractivity contribution in [1.29, 1.82) is 0 Å². The molecule has 4 aromatic carbocycles. The van der Waals surface area contributed by atoms with E-state index < -0.39 is 0 Å². The molecule has 0 radical (unpaired) electrons. The van der Waals surface area contributed by atoms with Crippen molar-refractivity contribution >= 4 is 24.8 Å². The molecule has 0 N–H and O–H groups in total. The van der Waals surface area contributed by atoms with Crippen molar-refractivity contribution in [3.63, 3.8) is 0 Å². The molecule has 0 saturated heterocycles. The van der Waals surface area contributed by atoms with Crippen LogP contribution in [0, 0.1) is 13.8 Å². The van der Waals surface area contributed by atoms with Crippen LogP contribution >= 0.6 is 0 Å². The number of rotatable bonds is 0. The fourth-order valence-corrected chi connectivity index (χ4v) is 2.61. The maximum atomic E-state index is 2.20. The van der Waals surface area contributed by atoms with Gasteiger partial charge in [0.05, 0.1) is 0 Å². The Labute approximate surface area is 160 Å². The summed E-state index contributed by atoms with van der Waals surface area (Å²) in [6.07, 6.45) is 0. The second-order valence-electron chi connectivity index (χ2n) is 6.32. The largest absolute Gasteiger partial charge is 0.165 e. The van der Waals surface area contributed by atoms with Crippen LogP contribution in [-0.2, 0) is 24.2 Å².